The molecule has 1 fully saturated rings. The molecule has 0 saturated heterocycles. The Hall–Kier alpha value is -1.67. The van der Waals surface area contributed by atoms with Crippen LogP contribution < -0.4 is 5.43 Å². The first-order chi connectivity index (χ1) is 9.46. The van der Waals surface area contributed by atoms with Gasteiger partial charge in [-0.2, -0.15) is 4.31 Å². The zero-order valence-electron chi connectivity index (χ0n) is 11.0. The molecule has 110 valence electrons. The summed E-state index contributed by atoms with van der Waals surface area (Å²) in [5, 5.41) is 0. The maximum absolute atomic E-state index is 12.5. The van der Waals surface area contributed by atoms with Crippen LogP contribution in [-0.4, -0.2) is 42.9 Å². The van der Waals surface area contributed by atoms with Crippen LogP contribution in [0.4, 0.5) is 0 Å². The molecule has 0 aromatic carbocycles. The number of pyridine rings is 1. The van der Waals surface area contributed by atoms with Crippen LogP contribution in [0.15, 0.2) is 28.2 Å². The summed E-state index contributed by atoms with van der Waals surface area (Å²) in [7, 11) is -3.99. The van der Waals surface area contributed by atoms with Crippen LogP contribution in [0, 0.1) is 0 Å². The summed E-state index contributed by atoms with van der Waals surface area (Å²) >= 11 is 0. The van der Waals surface area contributed by atoms with Crippen LogP contribution in [-0.2, 0) is 19.6 Å². The van der Waals surface area contributed by atoms with Crippen molar-refractivity contribution in [2.45, 2.75) is 30.7 Å². The maximum atomic E-state index is 12.5. The Kier molecular flexibility index (Phi) is 4.24. The van der Waals surface area contributed by atoms with E-state index in [1.807, 2.05) is 0 Å². The number of aromatic nitrogens is 1. The molecule has 1 aliphatic carbocycles. The van der Waals surface area contributed by atoms with Crippen molar-refractivity contribution in [3.63, 3.8) is 0 Å². The molecular formula is C12H16N2O5S. The van der Waals surface area contributed by atoms with Crippen molar-refractivity contribution >= 4 is 16.0 Å². The van der Waals surface area contributed by atoms with E-state index in [0.717, 1.165) is 16.6 Å². The number of nitrogens with one attached hydrogen (secondary N) is 1. The van der Waals surface area contributed by atoms with Gasteiger partial charge in [-0.3, -0.25) is 9.59 Å². The van der Waals surface area contributed by atoms with Gasteiger partial charge in [-0.25, -0.2) is 8.42 Å². The number of ether oxygens (including phenoxy) is 1. The highest BCUT2D eigenvalue weighted by atomic mass is 32.2. The van der Waals surface area contributed by atoms with Gasteiger partial charge in [-0.05, 0) is 19.8 Å². The standard InChI is InChI=1S/C12H16N2O5S/c1-2-19-12(16)8-14(9-3-4-9)20(17,18)11-7-13-6-5-10(11)15/h5-7,9H,2-4,8H2,1H3,(H,13,15). The lowest BCUT2D eigenvalue weighted by molar-refractivity contribution is -0.143. The Balaban J connectivity index is 2.31. The number of hydrogen-bond acceptors (Lipinski definition) is 5. The molecule has 7 nitrogen and oxygen atoms in total. The van der Waals surface area contributed by atoms with Gasteiger partial charge in [0.25, 0.3) is 0 Å². The molecule has 0 spiro atoms. The number of carbonyl (C=O) groups is 1. The van der Waals surface area contributed by atoms with Gasteiger partial charge in [0.05, 0.1) is 6.61 Å². The largest absolute Gasteiger partial charge is 0.465 e. The first kappa shape index (κ1) is 14.7. The molecule has 0 atom stereocenters. The van der Waals surface area contributed by atoms with Crippen molar-refractivity contribution in [1.82, 2.24) is 9.29 Å². The fourth-order valence-electron chi connectivity index (χ4n) is 1.84. The second-order valence-corrected chi connectivity index (χ2v) is 6.32. The Morgan fingerprint density at radius 2 is 2.20 bits per heavy atom. The number of esters is 1. The minimum absolute atomic E-state index is 0.184. The first-order valence-corrected chi connectivity index (χ1v) is 7.75. The highest BCUT2D eigenvalue weighted by Gasteiger charge is 2.40. The van der Waals surface area contributed by atoms with Crippen molar-refractivity contribution in [2.75, 3.05) is 13.2 Å². The highest BCUT2D eigenvalue weighted by Crippen LogP contribution is 2.30. The molecule has 1 aromatic heterocycles. The van der Waals surface area contributed by atoms with Gasteiger partial charge >= 0.3 is 5.97 Å². The zero-order valence-corrected chi connectivity index (χ0v) is 11.9. The van der Waals surface area contributed by atoms with Gasteiger partial charge in [0.15, 0.2) is 0 Å². The highest BCUT2D eigenvalue weighted by molar-refractivity contribution is 7.89. The second kappa shape index (κ2) is 5.76. The van der Waals surface area contributed by atoms with Crippen LogP contribution in [0.1, 0.15) is 19.8 Å². The fraction of sp³-hybridized carbons (Fsp3) is 0.500. The minimum atomic E-state index is -3.99. The number of sulfonamides is 1. The van der Waals surface area contributed by atoms with E-state index in [9.17, 15) is 18.0 Å². The minimum Gasteiger partial charge on any atom is -0.465 e. The van der Waals surface area contributed by atoms with Gasteiger partial charge in [-0.1, -0.05) is 0 Å². The average Bonchev–Trinajstić information content (AvgIpc) is 3.20. The smallest absolute Gasteiger partial charge is 0.321 e. The Morgan fingerprint density at radius 1 is 1.50 bits per heavy atom. The molecule has 1 saturated carbocycles. The number of rotatable bonds is 6. The van der Waals surface area contributed by atoms with E-state index < -0.39 is 21.4 Å². The number of nitrogens with zero attached hydrogens (tertiary/aromatic N) is 1. The van der Waals surface area contributed by atoms with E-state index in [1.165, 1.54) is 6.20 Å². The van der Waals surface area contributed by atoms with Gasteiger partial charge in [0, 0.05) is 24.5 Å². The summed E-state index contributed by atoms with van der Waals surface area (Å²) in [5.74, 6) is -0.615. The van der Waals surface area contributed by atoms with Crippen LogP contribution in [0.2, 0.25) is 0 Å². The Bertz CT molecular complexity index is 648. The molecule has 0 radical (unpaired) electrons. The molecule has 20 heavy (non-hydrogen) atoms. The van der Waals surface area contributed by atoms with E-state index >= 15 is 0 Å². The van der Waals surface area contributed by atoms with Gasteiger partial charge in [0.2, 0.25) is 15.5 Å². The van der Waals surface area contributed by atoms with Crippen molar-refractivity contribution in [3.8, 4) is 0 Å². The summed E-state index contributed by atoms with van der Waals surface area (Å²) in [5.41, 5.74) is -0.599. The van der Waals surface area contributed by atoms with Gasteiger partial charge < -0.3 is 9.72 Å². The van der Waals surface area contributed by atoms with E-state index in [4.69, 9.17) is 4.74 Å². The van der Waals surface area contributed by atoms with Crippen LogP contribution in [0.25, 0.3) is 0 Å². The summed E-state index contributed by atoms with van der Waals surface area (Å²) in [4.78, 5) is 25.4. The third-order valence-electron chi connectivity index (χ3n) is 2.92. The zero-order chi connectivity index (χ0) is 14.8. The summed E-state index contributed by atoms with van der Waals surface area (Å²) < 4.78 is 30.8. The molecule has 1 N–H and O–H groups in total. The third-order valence-corrected chi connectivity index (χ3v) is 4.84. The number of hydrogen-bond donors (Lipinski definition) is 1. The molecule has 0 unspecified atom stereocenters. The number of aromatic amines is 1. The molecule has 0 bridgehead atoms. The Labute approximate surface area is 116 Å². The predicted molar refractivity (Wildman–Crippen MR) is 70.6 cm³/mol. The molecule has 0 aliphatic heterocycles. The SMILES string of the molecule is CCOC(=O)CN(C1CC1)S(=O)(=O)c1c[nH]ccc1=O. The quantitative estimate of drug-likeness (QED) is 0.751. The number of H-pyrrole nitrogens is 1. The maximum Gasteiger partial charge on any atom is 0.321 e. The first-order valence-electron chi connectivity index (χ1n) is 6.31. The summed E-state index contributed by atoms with van der Waals surface area (Å²) in [6.07, 6.45) is 3.86. The van der Waals surface area contributed by atoms with E-state index in [2.05, 4.69) is 4.98 Å². The van der Waals surface area contributed by atoms with Crippen LogP contribution in [0.5, 0.6) is 0 Å². The molecular weight excluding hydrogens is 284 g/mol. The molecule has 0 amide bonds. The molecule has 1 aliphatic rings. The lowest BCUT2D eigenvalue weighted by Gasteiger charge is -2.20. The van der Waals surface area contributed by atoms with Crippen molar-refractivity contribution < 1.29 is 17.9 Å². The molecule has 2 rings (SSSR count). The Morgan fingerprint density at radius 3 is 2.75 bits per heavy atom. The van der Waals surface area contributed by atoms with Crippen LogP contribution >= 0.6 is 0 Å². The lowest BCUT2D eigenvalue weighted by Crippen LogP contribution is -2.40. The topological polar surface area (TPSA) is 96.5 Å². The normalized spacial score (nSPS) is 15.3. The van der Waals surface area contributed by atoms with Crippen molar-refractivity contribution in [3.05, 3.63) is 28.7 Å². The van der Waals surface area contributed by atoms with Crippen LogP contribution in [0.3, 0.4) is 0 Å². The average molecular weight is 300 g/mol. The summed E-state index contributed by atoms with van der Waals surface area (Å²) in [6.45, 7) is 1.47. The molecule has 1 heterocycles. The number of carbonyl (C=O) groups excluding carboxylic acids is 1. The van der Waals surface area contributed by atoms with E-state index in [0.29, 0.717) is 12.8 Å². The summed E-state index contributed by atoms with van der Waals surface area (Å²) in [6, 6.07) is 0.909. The van der Waals surface area contributed by atoms with Crippen molar-refractivity contribution in [1.29, 1.82) is 0 Å². The second-order valence-electron chi connectivity index (χ2n) is 4.46. The monoisotopic (exact) mass is 300 g/mol. The lowest BCUT2D eigenvalue weighted by atomic mass is 10.5. The third kappa shape index (κ3) is 3.07. The molecule has 8 heteroatoms. The predicted octanol–water partition coefficient (Wildman–Crippen LogP) is 0.0911. The fourth-order valence-corrected chi connectivity index (χ4v) is 3.51. The van der Waals surface area contributed by atoms with Crippen molar-refractivity contribution in [2.24, 2.45) is 0 Å². The van der Waals surface area contributed by atoms with E-state index in [1.54, 1.807) is 6.92 Å². The van der Waals surface area contributed by atoms with Gasteiger partial charge in [-0.15, -0.1) is 0 Å². The molecule has 1 aromatic rings. The van der Waals surface area contributed by atoms with E-state index in [-0.39, 0.29) is 24.1 Å². The van der Waals surface area contributed by atoms with Gasteiger partial charge in [0.1, 0.15) is 11.4 Å².